The van der Waals surface area contributed by atoms with Gasteiger partial charge >= 0.3 is 5.97 Å². The molecule has 3 aliphatic heterocycles. The van der Waals surface area contributed by atoms with E-state index in [0.29, 0.717) is 34.0 Å². The summed E-state index contributed by atoms with van der Waals surface area (Å²) in [7, 11) is 0. The molecular formula is C32H27Cl2N3O6S2. The van der Waals surface area contributed by atoms with Gasteiger partial charge in [-0.3, -0.25) is 19.3 Å². The summed E-state index contributed by atoms with van der Waals surface area (Å²) in [6, 6.07) is 8.38. The quantitative estimate of drug-likeness (QED) is 0.165. The van der Waals surface area contributed by atoms with Gasteiger partial charge in [-0.05, 0) is 41.3 Å². The SMILES string of the molecule is C=CCOC(=O)C1=C(COc2ccc3c(c2)C(C)(C)C2=C(Cl)C(=O)C(Cl)=CC2=N3)CSC2C(NC(=O)Cc3cccs3)C(=O)N12. The van der Waals surface area contributed by atoms with Crippen molar-refractivity contribution in [2.75, 3.05) is 19.0 Å². The van der Waals surface area contributed by atoms with Crippen LogP contribution in [0.4, 0.5) is 5.69 Å². The van der Waals surface area contributed by atoms with Gasteiger partial charge in [0.25, 0.3) is 5.91 Å². The van der Waals surface area contributed by atoms with Gasteiger partial charge in [0.15, 0.2) is 0 Å². The Morgan fingerprint density at radius 1 is 1.24 bits per heavy atom. The predicted octanol–water partition coefficient (Wildman–Crippen LogP) is 5.31. The number of hydrogen-bond donors (Lipinski definition) is 1. The van der Waals surface area contributed by atoms with Crippen molar-refractivity contribution in [3.8, 4) is 5.75 Å². The topological polar surface area (TPSA) is 114 Å². The van der Waals surface area contributed by atoms with Crippen molar-refractivity contribution < 1.29 is 28.7 Å². The lowest BCUT2D eigenvalue weighted by Gasteiger charge is -2.49. The number of thiophene rings is 1. The number of ketones is 1. The molecular weight excluding hydrogens is 657 g/mol. The number of rotatable bonds is 9. The number of esters is 1. The van der Waals surface area contributed by atoms with Crippen molar-refractivity contribution in [1.29, 1.82) is 0 Å². The fraction of sp³-hybridized carbons (Fsp3) is 0.281. The van der Waals surface area contributed by atoms with Crippen LogP contribution in [0.2, 0.25) is 0 Å². The van der Waals surface area contributed by atoms with E-state index in [1.165, 1.54) is 40.2 Å². The van der Waals surface area contributed by atoms with E-state index in [-0.39, 0.29) is 47.2 Å². The van der Waals surface area contributed by atoms with E-state index in [4.69, 9.17) is 32.7 Å². The van der Waals surface area contributed by atoms with Crippen molar-refractivity contribution in [3.05, 3.63) is 91.8 Å². The molecule has 2 unspecified atom stereocenters. The van der Waals surface area contributed by atoms with Crippen molar-refractivity contribution in [1.82, 2.24) is 10.2 Å². The number of carbonyl (C=O) groups excluding carboxylic acids is 4. The molecule has 1 aromatic carbocycles. The van der Waals surface area contributed by atoms with Crippen LogP contribution in [0.25, 0.3) is 0 Å². The van der Waals surface area contributed by atoms with Crippen LogP contribution in [0.5, 0.6) is 5.75 Å². The third-order valence-corrected chi connectivity index (χ3v) is 10.7. The van der Waals surface area contributed by atoms with Gasteiger partial charge in [-0.25, -0.2) is 9.79 Å². The van der Waals surface area contributed by atoms with Gasteiger partial charge in [0.1, 0.15) is 36.1 Å². The number of carbonyl (C=O) groups is 4. The van der Waals surface area contributed by atoms with Crippen LogP contribution in [-0.4, -0.2) is 64.6 Å². The average Bonchev–Trinajstić information content (AvgIpc) is 3.52. The largest absolute Gasteiger partial charge is 0.489 e. The summed E-state index contributed by atoms with van der Waals surface area (Å²) in [5.41, 5.74) is 2.61. The van der Waals surface area contributed by atoms with Crippen molar-refractivity contribution >= 4 is 81.3 Å². The van der Waals surface area contributed by atoms with E-state index >= 15 is 0 Å². The number of benzene rings is 1. The van der Waals surface area contributed by atoms with Crippen LogP contribution < -0.4 is 10.1 Å². The first-order valence-electron chi connectivity index (χ1n) is 14.0. The summed E-state index contributed by atoms with van der Waals surface area (Å²) >= 11 is 15.5. The molecule has 4 heterocycles. The summed E-state index contributed by atoms with van der Waals surface area (Å²) < 4.78 is 11.5. The molecule has 1 saturated heterocycles. The Kier molecular flexibility index (Phi) is 8.55. The van der Waals surface area contributed by atoms with E-state index < -0.39 is 28.6 Å². The Labute approximate surface area is 277 Å². The standard InChI is InChI=1S/C32H27Cl2N3O6S2/c1-4-9-42-31(41)27-16(15-45-30-26(29(40)37(27)30)36-23(38)12-18-6-5-10-44-18)14-43-17-7-8-21-19(11-17)32(2,3)24-22(35-21)13-20(33)28(39)25(24)34/h4-8,10-11,13,26,30H,1,9,12,14-15H2,2-3H3,(H,36,38). The molecule has 0 saturated carbocycles. The number of hydrogen-bond acceptors (Lipinski definition) is 9. The second kappa shape index (κ2) is 12.3. The molecule has 1 aromatic heterocycles. The molecule has 0 radical (unpaired) electrons. The first-order valence-corrected chi connectivity index (χ1v) is 16.6. The molecule has 0 bridgehead atoms. The maximum absolute atomic E-state index is 13.3. The highest BCUT2D eigenvalue weighted by atomic mass is 35.5. The van der Waals surface area contributed by atoms with Crippen LogP contribution >= 0.6 is 46.3 Å². The minimum Gasteiger partial charge on any atom is -0.489 e. The maximum Gasteiger partial charge on any atom is 0.355 e. The number of β-lactam (4-membered cyclic amide) rings is 1. The smallest absolute Gasteiger partial charge is 0.355 e. The highest BCUT2D eigenvalue weighted by Gasteiger charge is 2.54. The van der Waals surface area contributed by atoms with Gasteiger partial charge in [-0.1, -0.05) is 55.8 Å². The molecule has 2 aromatic rings. The van der Waals surface area contributed by atoms with E-state index in [0.717, 1.165) is 10.4 Å². The fourth-order valence-electron chi connectivity index (χ4n) is 5.69. The molecule has 6 rings (SSSR count). The normalized spacial score (nSPS) is 21.6. The van der Waals surface area contributed by atoms with E-state index in [9.17, 15) is 19.2 Å². The Hall–Kier alpha value is -3.64. The number of fused-ring (bicyclic) bond motifs is 3. The average molecular weight is 685 g/mol. The lowest BCUT2D eigenvalue weighted by Crippen LogP contribution is -2.70. The zero-order chi connectivity index (χ0) is 32.0. The van der Waals surface area contributed by atoms with Gasteiger partial charge in [0.2, 0.25) is 11.7 Å². The predicted molar refractivity (Wildman–Crippen MR) is 175 cm³/mol. The summed E-state index contributed by atoms with van der Waals surface area (Å²) in [4.78, 5) is 58.6. The first kappa shape index (κ1) is 31.3. The van der Waals surface area contributed by atoms with E-state index in [1.807, 2.05) is 43.5 Å². The molecule has 0 spiro atoms. The molecule has 13 heteroatoms. The number of halogens is 2. The number of allylic oxidation sites excluding steroid dienone is 4. The number of nitrogens with one attached hydrogen (secondary N) is 1. The second-order valence-electron chi connectivity index (χ2n) is 11.2. The fourth-order valence-corrected chi connectivity index (χ4v) is 8.40. The van der Waals surface area contributed by atoms with Crippen LogP contribution in [0, 0.1) is 0 Å². The number of nitrogens with zero attached hydrogens (tertiary/aromatic N) is 2. The number of thioether (sulfide) groups is 1. The van der Waals surface area contributed by atoms with Gasteiger partial charge in [-0.2, -0.15) is 0 Å². The van der Waals surface area contributed by atoms with E-state index in [1.54, 1.807) is 6.07 Å². The molecule has 232 valence electrons. The third kappa shape index (κ3) is 5.67. The minimum atomic E-state index is -0.752. The summed E-state index contributed by atoms with van der Waals surface area (Å²) in [6.07, 6.45) is 3.16. The summed E-state index contributed by atoms with van der Waals surface area (Å²) in [6.45, 7) is 7.47. The van der Waals surface area contributed by atoms with Crippen LogP contribution in [0.3, 0.4) is 0 Å². The highest BCUT2D eigenvalue weighted by Crippen LogP contribution is 2.48. The number of amides is 2. The molecule has 2 amide bonds. The van der Waals surface area contributed by atoms with Crippen LogP contribution in [0.15, 0.2) is 86.3 Å². The monoisotopic (exact) mass is 683 g/mol. The molecule has 45 heavy (non-hydrogen) atoms. The molecule has 2 atom stereocenters. The Morgan fingerprint density at radius 2 is 2.04 bits per heavy atom. The zero-order valence-corrected chi connectivity index (χ0v) is 27.4. The highest BCUT2D eigenvalue weighted by molar-refractivity contribution is 8.00. The first-order chi connectivity index (χ1) is 21.5. The van der Waals surface area contributed by atoms with Gasteiger partial charge in [-0.15, -0.1) is 23.1 Å². The lowest BCUT2D eigenvalue weighted by molar-refractivity contribution is -0.152. The lowest BCUT2D eigenvalue weighted by atomic mass is 9.71. The molecule has 1 aliphatic carbocycles. The number of Topliss-reactive ketones (excluding diaryl/α,β-unsaturated/α-hetero) is 1. The van der Waals surface area contributed by atoms with Crippen molar-refractivity contribution in [2.24, 2.45) is 4.99 Å². The van der Waals surface area contributed by atoms with Crippen molar-refractivity contribution in [2.45, 2.75) is 37.1 Å². The minimum absolute atomic E-state index is 0.00540. The Morgan fingerprint density at radius 3 is 2.78 bits per heavy atom. The molecule has 1 fully saturated rings. The van der Waals surface area contributed by atoms with Gasteiger partial charge in [0, 0.05) is 27.2 Å². The molecule has 9 nitrogen and oxygen atoms in total. The Bertz CT molecular complexity index is 1780. The summed E-state index contributed by atoms with van der Waals surface area (Å²) in [5, 5.41) is 4.31. The Balaban J connectivity index is 1.23. The van der Waals surface area contributed by atoms with Crippen LogP contribution in [0.1, 0.15) is 24.3 Å². The number of aliphatic imine (C=N–C) groups is 1. The van der Waals surface area contributed by atoms with Crippen LogP contribution in [-0.2, 0) is 35.8 Å². The van der Waals surface area contributed by atoms with E-state index in [2.05, 4.69) is 16.9 Å². The molecule has 4 aliphatic rings. The van der Waals surface area contributed by atoms with Gasteiger partial charge in [0.05, 0.1) is 27.9 Å². The van der Waals surface area contributed by atoms with Gasteiger partial charge < -0.3 is 14.8 Å². The second-order valence-corrected chi connectivity index (χ2v) is 14.1. The maximum atomic E-state index is 13.3. The zero-order valence-electron chi connectivity index (χ0n) is 24.2. The number of ether oxygens (including phenoxy) is 2. The van der Waals surface area contributed by atoms with Crippen molar-refractivity contribution in [3.63, 3.8) is 0 Å². The molecule has 1 N–H and O–H groups in total. The summed E-state index contributed by atoms with van der Waals surface area (Å²) in [5.74, 6) is -0.881. The third-order valence-electron chi connectivity index (χ3n) is 7.88.